The molecule has 148 valence electrons. The minimum atomic E-state index is -0.895. The van der Waals surface area contributed by atoms with Gasteiger partial charge in [-0.15, -0.1) is 0 Å². The molecule has 0 radical (unpaired) electrons. The Morgan fingerprint density at radius 3 is 2.81 bits per heavy atom. The number of nitrogens with zero attached hydrogens (tertiary/aromatic N) is 1. The third-order valence-electron chi connectivity index (χ3n) is 4.35. The lowest BCUT2D eigenvalue weighted by molar-refractivity contribution is -0.147. The van der Waals surface area contributed by atoms with Crippen molar-refractivity contribution in [2.75, 3.05) is 26.8 Å². The largest absolute Gasteiger partial charge is 0.496 e. The number of hydrogen-bond acceptors (Lipinski definition) is 5. The van der Waals surface area contributed by atoms with E-state index in [1.54, 1.807) is 18.2 Å². The van der Waals surface area contributed by atoms with Crippen LogP contribution in [0.3, 0.4) is 0 Å². The van der Waals surface area contributed by atoms with Crippen molar-refractivity contribution < 1.29 is 23.9 Å². The molecule has 2 rings (SSSR count). The van der Waals surface area contributed by atoms with E-state index in [4.69, 9.17) is 9.47 Å². The molecule has 1 fully saturated rings. The van der Waals surface area contributed by atoms with Crippen molar-refractivity contribution in [2.24, 2.45) is 0 Å². The summed E-state index contributed by atoms with van der Waals surface area (Å²) in [6.07, 6.45) is 2.63. The average Bonchev–Trinajstić information content (AvgIpc) is 2.66. The van der Waals surface area contributed by atoms with Crippen LogP contribution in [0.15, 0.2) is 22.7 Å². The Morgan fingerprint density at radius 2 is 2.11 bits per heavy atom. The van der Waals surface area contributed by atoms with Crippen LogP contribution in [0, 0.1) is 0 Å². The Morgan fingerprint density at radius 1 is 1.33 bits per heavy atom. The zero-order valence-electron chi connectivity index (χ0n) is 15.6. The Kier molecular flexibility index (Phi) is 8.09. The molecule has 0 aliphatic carbocycles. The van der Waals surface area contributed by atoms with Crippen LogP contribution in [0.2, 0.25) is 0 Å². The van der Waals surface area contributed by atoms with Gasteiger partial charge in [0.25, 0.3) is 5.91 Å². The summed E-state index contributed by atoms with van der Waals surface area (Å²) < 4.78 is 11.2. The van der Waals surface area contributed by atoms with Crippen LogP contribution < -0.4 is 10.1 Å². The summed E-state index contributed by atoms with van der Waals surface area (Å²) in [5.41, 5.74) is 0.336. The fourth-order valence-electron chi connectivity index (χ4n) is 2.92. The van der Waals surface area contributed by atoms with Crippen LogP contribution >= 0.6 is 15.9 Å². The lowest BCUT2D eigenvalue weighted by Crippen LogP contribution is -2.57. The Bertz CT molecular complexity index is 695. The topological polar surface area (TPSA) is 84.9 Å². The maximum Gasteiger partial charge on any atom is 0.308 e. The minimum Gasteiger partial charge on any atom is -0.496 e. The van der Waals surface area contributed by atoms with Gasteiger partial charge in [-0.3, -0.25) is 14.4 Å². The summed E-state index contributed by atoms with van der Waals surface area (Å²) >= 11 is 3.35. The van der Waals surface area contributed by atoms with Crippen molar-refractivity contribution >= 4 is 33.7 Å². The summed E-state index contributed by atoms with van der Waals surface area (Å²) in [4.78, 5) is 38.9. The standard InChI is InChI=1S/C19H25BrN2O5/c1-3-4-5-10-27-17(23)12-15-18(24)21-8-9-22(15)19(25)14-11-13(20)6-7-16(14)26-2/h6-7,11,15H,3-5,8-10,12H2,1-2H3,(H,21,24). The quantitative estimate of drug-likeness (QED) is 0.495. The van der Waals surface area contributed by atoms with E-state index in [1.807, 2.05) is 0 Å². The first-order valence-corrected chi connectivity index (χ1v) is 9.85. The molecule has 1 aliphatic rings. The van der Waals surface area contributed by atoms with E-state index in [-0.39, 0.29) is 18.2 Å². The SMILES string of the molecule is CCCCCOC(=O)CC1C(=O)NCCN1C(=O)c1cc(Br)ccc1OC. The van der Waals surface area contributed by atoms with E-state index in [9.17, 15) is 14.4 Å². The van der Waals surface area contributed by atoms with E-state index in [2.05, 4.69) is 28.2 Å². The molecule has 7 nitrogen and oxygen atoms in total. The van der Waals surface area contributed by atoms with Gasteiger partial charge in [0.05, 0.1) is 25.7 Å². The predicted molar refractivity (Wildman–Crippen MR) is 104 cm³/mol. The highest BCUT2D eigenvalue weighted by Crippen LogP contribution is 2.26. The van der Waals surface area contributed by atoms with Gasteiger partial charge in [-0.2, -0.15) is 0 Å². The van der Waals surface area contributed by atoms with Gasteiger partial charge >= 0.3 is 5.97 Å². The number of halogens is 1. The number of amides is 2. The van der Waals surface area contributed by atoms with Gasteiger partial charge in [-0.25, -0.2) is 0 Å². The van der Waals surface area contributed by atoms with E-state index >= 15 is 0 Å². The van der Waals surface area contributed by atoms with Crippen LogP contribution in [-0.2, 0) is 14.3 Å². The van der Waals surface area contributed by atoms with Crippen molar-refractivity contribution in [3.8, 4) is 5.75 Å². The number of carbonyl (C=O) groups excluding carboxylic acids is 3. The second-order valence-electron chi connectivity index (χ2n) is 6.28. The van der Waals surface area contributed by atoms with Gasteiger partial charge in [-0.1, -0.05) is 35.7 Å². The number of nitrogens with one attached hydrogen (secondary N) is 1. The summed E-state index contributed by atoms with van der Waals surface area (Å²) in [5, 5.41) is 2.71. The molecule has 0 saturated carbocycles. The highest BCUT2D eigenvalue weighted by molar-refractivity contribution is 9.10. The molecule has 0 spiro atoms. The van der Waals surface area contributed by atoms with Gasteiger partial charge in [-0.05, 0) is 24.6 Å². The monoisotopic (exact) mass is 440 g/mol. The summed E-state index contributed by atoms with van der Waals surface area (Å²) in [6, 6.07) is 4.20. The Balaban J connectivity index is 2.13. The molecule has 0 bridgehead atoms. The van der Waals surface area contributed by atoms with Crippen molar-refractivity contribution in [3.63, 3.8) is 0 Å². The number of unbranched alkanes of at least 4 members (excludes halogenated alkanes) is 2. The first-order valence-electron chi connectivity index (χ1n) is 9.05. The number of ether oxygens (including phenoxy) is 2. The summed E-state index contributed by atoms with van der Waals surface area (Å²) in [6.45, 7) is 3.04. The summed E-state index contributed by atoms with van der Waals surface area (Å²) in [5.74, 6) is -0.775. The number of esters is 1. The second kappa shape index (κ2) is 10.3. The highest BCUT2D eigenvalue weighted by atomic mass is 79.9. The number of piperazine rings is 1. The number of rotatable bonds is 8. The maximum absolute atomic E-state index is 13.1. The second-order valence-corrected chi connectivity index (χ2v) is 7.20. The fraction of sp³-hybridized carbons (Fsp3) is 0.526. The first-order chi connectivity index (χ1) is 13.0. The zero-order valence-corrected chi connectivity index (χ0v) is 17.2. The smallest absolute Gasteiger partial charge is 0.308 e. The van der Waals surface area contributed by atoms with Crippen LogP contribution in [0.4, 0.5) is 0 Å². The lowest BCUT2D eigenvalue weighted by atomic mass is 10.1. The number of carbonyl (C=O) groups is 3. The van der Waals surface area contributed by atoms with E-state index < -0.39 is 12.0 Å². The predicted octanol–water partition coefficient (Wildman–Crippen LogP) is 2.52. The van der Waals surface area contributed by atoms with Crippen molar-refractivity contribution in [1.82, 2.24) is 10.2 Å². The van der Waals surface area contributed by atoms with E-state index in [1.165, 1.54) is 12.0 Å². The highest BCUT2D eigenvalue weighted by Gasteiger charge is 2.36. The molecule has 8 heteroatoms. The van der Waals surface area contributed by atoms with E-state index in [0.717, 1.165) is 23.7 Å². The molecule has 1 N–H and O–H groups in total. The number of methoxy groups -OCH3 is 1. The van der Waals surface area contributed by atoms with Gasteiger partial charge in [0.2, 0.25) is 5.91 Å². The molecule has 1 aliphatic heterocycles. The van der Waals surface area contributed by atoms with Gasteiger partial charge < -0.3 is 19.7 Å². The third-order valence-corrected chi connectivity index (χ3v) is 4.85. The van der Waals surface area contributed by atoms with Gasteiger partial charge in [0.1, 0.15) is 11.8 Å². The molecular weight excluding hydrogens is 416 g/mol. The molecule has 1 aromatic carbocycles. The van der Waals surface area contributed by atoms with Crippen molar-refractivity contribution in [2.45, 2.75) is 38.6 Å². The molecule has 1 saturated heterocycles. The molecule has 1 atom stereocenters. The van der Waals surface area contributed by atoms with Crippen LogP contribution in [0.25, 0.3) is 0 Å². The third kappa shape index (κ3) is 5.69. The molecule has 1 aromatic rings. The lowest BCUT2D eigenvalue weighted by Gasteiger charge is -2.34. The molecular formula is C19H25BrN2O5. The molecule has 0 aromatic heterocycles. The normalized spacial score (nSPS) is 16.6. The van der Waals surface area contributed by atoms with Crippen molar-refractivity contribution in [3.05, 3.63) is 28.2 Å². The maximum atomic E-state index is 13.1. The number of benzene rings is 1. The molecule has 1 heterocycles. The van der Waals surface area contributed by atoms with Crippen LogP contribution in [-0.4, -0.2) is 55.5 Å². The van der Waals surface area contributed by atoms with Crippen molar-refractivity contribution in [1.29, 1.82) is 0 Å². The minimum absolute atomic E-state index is 0.167. The molecule has 1 unspecified atom stereocenters. The van der Waals surface area contributed by atoms with Gasteiger partial charge in [0.15, 0.2) is 0 Å². The van der Waals surface area contributed by atoms with Crippen LogP contribution in [0.5, 0.6) is 5.75 Å². The Labute approximate surface area is 167 Å². The first kappa shape index (κ1) is 21.2. The Hall–Kier alpha value is -2.09. The average molecular weight is 441 g/mol. The number of hydrogen-bond donors (Lipinski definition) is 1. The molecule has 27 heavy (non-hydrogen) atoms. The molecule has 2 amide bonds. The van der Waals surface area contributed by atoms with E-state index in [0.29, 0.717) is 31.0 Å². The van der Waals surface area contributed by atoms with Gasteiger partial charge in [0, 0.05) is 17.6 Å². The fourth-order valence-corrected chi connectivity index (χ4v) is 3.28. The zero-order chi connectivity index (χ0) is 19.8. The van der Waals surface area contributed by atoms with Crippen LogP contribution in [0.1, 0.15) is 43.0 Å². The summed E-state index contributed by atoms with van der Waals surface area (Å²) in [7, 11) is 1.48.